The highest BCUT2D eigenvalue weighted by Gasteiger charge is 2.45. The molecular formula is C13H13F2NO. The molecule has 0 saturated carbocycles. The van der Waals surface area contributed by atoms with Crippen molar-refractivity contribution in [3.05, 3.63) is 41.2 Å². The van der Waals surface area contributed by atoms with E-state index in [2.05, 4.69) is 5.32 Å². The Kier molecular flexibility index (Phi) is 2.23. The van der Waals surface area contributed by atoms with Crippen LogP contribution >= 0.6 is 0 Å². The molecule has 2 nitrogen and oxygen atoms in total. The van der Waals surface area contributed by atoms with Crippen LogP contribution in [0.1, 0.15) is 23.5 Å². The summed E-state index contributed by atoms with van der Waals surface area (Å²) < 4.78 is 26.4. The zero-order valence-corrected chi connectivity index (χ0v) is 9.16. The lowest BCUT2D eigenvalue weighted by atomic mass is 9.91. The topological polar surface area (TPSA) is 32.3 Å². The van der Waals surface area contributed by atoms with E-state index in [0.29, 0.717) is 0 Å². The molecule has 0 amide bonds. The van der Waals surface area contributed by atoms with Crippen LogP contribution in [0.2, 0.25) is 0 Å². The normalized spacial score (nSPS) is 30.1. The minimum atomic E-state index is -2.66. The fourth-order valence-electron chi connectivity index (χ4n) is 2.74. The number of aliphatic hydroxyl groups is 1. The second-order valence-electron chi connectivity index (χ2n) is 4.72. The third kappa shape index (κ3) is 1.72. The number of hydrogen-bond acceptors (Lipinski definition) is 2. The van der Waals surface area contributed by atoms with E-state index in [1.807, 2.05) is 24.3 Å². The van der Waals surface area contributed by atoms with E-state index in [-0.39, 0.29) is 30.7 Å². The largest absolute Gasteiger partial charge is 0.512 e. The summed E-state index contributed by atoms with van der Waals surface area (Å²) in [5.74, 6) is -2.82. The van der Waals surface area contributed by atoms with E-state index in [0.717, 1.165) is 11.1 Å². The highest BCUT2D eigenvalue weighted by atomic mass is 19.3. The van der Waals surface area contributed by atoms with Gasteiger partial charge in [-0.05, 0) is 17.2 Å². The molecule has 1 aromatic carbocycles. The van der Waals surface area contributed by atoms with Crippen molar-refractivity contribution < 1.29 is 13.9 Å². The van der Waals surface area contributed by atoms with Gasteiger partial charge in [0.25, 0.3) is 5.92 Å². The summed E-state index contributed by atoms with van der Waals surface area (Å²) in [6, 6.07) is 7.13. The summed E-state index contributed by atoms with van der Waals surface area (Å²) in [6.07, 6.45) is 1.45. The monoisotopic (exact) mass is 237 g/mol. The van der Waals surface area contributed by atoms with Crippen molar-refractivity contribution in [3.8, 4) is 0 Å². The van der Waals surface area contributed by atoms with Crippen LogP contribution in [0.3, 0.4) is 0 Å². The minimum absolute atomic E-state index is 0.182. The molecule has 2 aliphatic rings. The van der Waals surface area contributed by atoms with Crippen molar-refractivity contribution >= 4 is 6.08 Å². The van der Waals surface area contributed by atoms with Gasteiger partial charge in [0.05, 0.1) is 12.5 Å². The van der Waals surface area contributed by atoms with Gasteiger partial charge in [-0.3, -0.25) is 0 Å². The number of benzene rings is 1. The van der Waals surface area contributed by atoms with Crippen molar-refractivity contribution in [3.63, 3.8) is 0 Å². The number of rotatable bonds is 1. The fraction of sp³-hybridized carbons (Fsp3) is 0.385. The first-order valence-corrected chi connectivity index (χ1v) is 5.67. The molecule has 1 heterocycles. The molecular weight excluding hydrogens is 224 g/mol. The number of aliphatic hydroxyl groups excluding tert-OH is 1. The quantitative estimate of drug-likeness (QED) is 0.787. The van der Waals surface area contributed by atoms with E-state index in [4.69, 9.17) is 0 Å². The Morgan fingerprint density at radius 3 is 2.76 bits per heavy atom. The molecule has 0 spiro atoms. The second kappa shape index (κ2) is 3.53. The van der Waals surface area contributed by atoms with Gasteiger partial charge in [0.1, 0.15) is 5.76 Å². The predicted octanol–water partition coefficient (Wildman–Crippen LogP) is 2.68. The first-order chi connectivity index (χ1) is 8.07. The molecule has 3 rings (SSSR count). The smallest absolute Gasteiger partial charge is 0.261 e. The Labute approximate surface area is 98.0 Å². The van der Waals surface area contributed by atoms with Crippen LogP contribution in [0.25, 0.3) is 6.08 Å². The van der Waals surface area contributed by atoms with Crippen LogP contribution in [-0.4, -0.2) is 23.6 Å². The van der Waals surface area contributed by atoms with E-state index in [9.17, 15) is 13.9 Å². The Morgan fingerprint density at radius 1 is 1.29 bits per heavy atom. The van der Waals surface area contributed by atoms with E-state index < -0.39 is 5.92 Å². The maximum absolute atomic E-state index is 13.2. The summed E-state index contributed by atoms with van der Waals surface area (Å²) in [4.78, 5) is 0. The summed E-state index contributed by atoms with van der Waals surface area (Å²) in [5.41, 5.74) is 1.85. The molecule has 4 heteroatoms. The lowest BCUT2D eigenvalue weighted by Crippen LogP contribution is -2.29. The van der Waals surface area contributed by atoms with Crippen molar-refractivity contribution in [2.75, 3.05) is 6.54 Å². The molecule has 90 valence electrons. The fourth-order valence-corrected chi connectivity index (χ4v) is 2.74. The molecule has 0 radical (unpaired) electrons. The van der Waals surface area contributed by atoms with Gasteiger partial charge in [-0.25, -0.2) is 8.78 Å². The first kappa shape index (κ1) is 10.7. The number of nitrogens with one attached hydrogen (secondary N) is 1. The minimum Gasteiger partial charge on any atom is -0.512 e. The Hall–Kier alpha value is -1.42. The highest BCUT2D eigenvalue weighted by Crippen LogP contribution is 2.41. The highest BCUT2D eigenvalue weighted by molar-refractivity contribution is 5.65. The van der Waals surface area contributed by atoms with Crippen molar-refractivity contribution in [1.29, 1.82) is 0 Å². The molecule has 1 saturated heterocycles. The number of halogens is 2. The molecule has 1 aromatic rings. The predicted molar refractivity (Wildman–Crippen MR) is 61.1 cm³/mol. The van der Waals surface area contributed by atoms with Gasteiger partial charge in [0.15, 0.2) is 0 Å². The van der Waals surface area contributed by atoms with Crippen LogP contribution in [0.15, 0.2) is 30.0 Å². The zero-order chi connectivity index (χ0) is 12.0. The Morgan fingerprint density at radius 2 is 2.06 bits per heavy atom. The van der Waals surface area contributed by atoms with E-state index in [1.54, 1.807) is 6.08 Å². The second-order valence-corrected chi connectivity index (χ2v) is 4.72. The molecule has 1 aliphatic heterocycles. The average molecular weight is 237 g/mol. The van der Waals surface area contributed by atoms with Gasteiger partial charge < -0.3 is 10.4 Å². The van der Waals surface area contributed by atoms with Crippen LogP contribution < -0.4 is 5.32 Å². The molecule has 17 heavy (non-hydrogen) atoms. The van der Waals surface area contributed by atoms with Gasteiger partial charge in [-0.2, -0.15) is 0 Å². The third-order valence-corrected chi connectivity index (χ3v) is 3.50. The van der Waals surface area contributed by atoms with Gasteiger partial charge >= 0.3 is 0 Å². The lowest BCUT2D eigenvalue weighted by molar-refractivity contribution is 0.0203. The van der Waals surface area contributed by atoms with Gasteiger partial charge in [-0.1, -0.05) is 24.3 Å². The van der Waals surface area contributed by atoms with E-state index in [1.165, 1.54) is 0 Å². The number of fused-ring (bicyclic) bond motifs is 1. The molecule has 0 aromatic heterocycles. The summed E-state index contributed by atoms with van der Waals surface area (Å²) in [7, 11) is 0. The third-order valence-electron chi connectivity index (χ3n) is 3.50. The summed E-state index contributed by atoms with van der Waals surface area (Å²) in [6.45, 7) is -0.302. The van der Waals surface area contributed by atoms with E-state index >= 15 is 0 Å². The van der Waals surface area contributed by atoms with Crippen LogP contribution in [0.4, 0.5) is 8.78 Å². The maximum atomic E-state index is 13.2. The van der Waals surface area contributed by atoms with Gasteiger partial charge in [-0.15, -0.1) is 0 Å². The Balaban J connectivity index is 1.93. The number of hydrogen-bond donors (Lipinski definition) is 2. The van der Waals surface area contributed by atoms with Gasteiger partial charge in [0.2, 0.25) is 0 Å². The SMILES string of the molecule is OC1=Cc2ccccc2C1[C@@H]1CC(F)(F)CN1. The molecule has 1 fully saturated rings. The maximum Gasteiger partial charge on any atom is 0.261 e. The summed E-state index contributed by atoms with van der Waals surface area (Å²) in [5, 5.41) is 12.7. The van der Waals surface area contributed by atoms with Crippen LogP contribution in [-0.2, 0) is 0 Å². The molecule has 2 atom stereocenters. The van der Waals surface area contributed by atoms with Crippen molar-refractivity contribution in [2.45, 2.75) is 24.3 Å². The molecule has 1 unspecified atom stereocenters. The molecule has 0 bridgehead atoms. The van der Waals surface area contributed by atoms with Crippen LogP contribution in [0.5, 0.6) is 0 Å². The standard InChI is InChI=1S/C13H13F2NO/c14-13(15)6-10(16-7-13)12-9-4-2-1-3-8(9)5-11(12)17/h1-5,10,12,16-17H,6-7H2/t10-,12?/m0/s1. The van der Waals surface area contributed by atoms with Crippen molar-refractivity contribution in [1.82, 2.24) is 5.32 Å². The molecule has 1 aliphatic carbocycles. The first-order valence-electron chi connectivity index (χ1n) is 5.67. The van der Waals surface area contributed by atoms with Gasteiger partial charge in [0, 0.05) is 12.5 Å². The van der Waals surface area contributed by atoms with Crippen molar-refractivity contribution in [2.24, 2.45) is 0 Å². The number of alkyl halides is 2. The lowest BCUT2D eigenvalue weighted by Gasteiger charge is -2.20. The van der Waals surface area contributed by atoms with Crippen LogP contribution in [0, 0.1) is 0 Å². The summed E-state index contributed by atoms with van der Waals surface area (Å²) >= 11 is 0. The average Bonchev–Trinajstić information content (AvgIpc) is 2.77. The molecule has 2 N–H and O–H groups in total. The zero-order valence-electron chi connectivity index (χ0n) is 9.16. The Bertz CT molecular complexity index is 484.